The van der Waals surface area contributed by atoms with Gasteiger partial charge in [0.2, 0.25) is 0 Å². The molecule has 0 saturated heterocycles. The zero-order valence-corrected chi connectivity index (χ0v) is 5.89. The number of aliphatic hydroxyl groups is 1. The van der Waals surface area contributed by atoms with Crippen molar-refractivity contribution in [1.82, 2.24) is 5.32 Å². The summed E-state index contributed by atoms with van der Waals surface area (Å²) in [6.45, 7) is 4.16. The zero-order chi connectivity index (χ0) is 7.28. The number of rotatable bonds is 3. The van der Waals surface area contributed by atoms with Crippen LogP contribution in [0.25, 0.3) is 0 Å². The molecule has 0 fully saturated rings. The third-order valence-corrected chi connectivity index (χ3v) is 0.969. The van der Waals surface area contributed by atoms with Crippen LogP contribution in [0.2, 0.25) is 0 Å². The molecule has 0 heterocycles. The highest BCUT2D eigenvalue weighted by molar-refractivity contribution is 4.95. The Morgan fingerprint density at radius 2 is 2.22 bits per heavy atom. The minimum atomic E-state index is -0.319. The van der Waals surface area contributed by atoms with Gasteiger partial charge >= 0.3 is 0 Å². The number of hydrogen-bond donors (Lipinski definition) is 2. The predicted molar refractivity (Wildman–Crippen MR) is 38.0 cm³/mol. The predicted octanol–water partition coefficient (Wildman–Crippen LogP) is -0.0215. The Balaban J connectivity index is 3.19. The molecule has 0 aromatic rings. The topological polar surface area (TPSA) is 32.3 Å². The van der Waals surface area contributed by atoms with Crippen LogP contribution >= 0.6 is 0 Å². The second-order valence-electron chi connectivity index (χ2n) is 2.15. The molecule has 2 heteroatoms. The normalized spacial score (nSPS) is 16.2. The molecule has 2 N–H and O–H groups in total. The highest BCUT2D eigenvalue weighted by Gasteiger charge is 1.96. The molecule has 2 nitrogen and oxygen atoms in total. The lowest BCUT2D eigenvalue weighted by atomic mass is 10.3. The Labute approximate surface area is 56.3 Å². The maximum Gasteiger partial charge on any atom is 0.0659 e. The summed E-state index contributed by atoms with van der Waals surface area (Å²) in [6, 6.07) is 0.0552. The van der Waals surface area contributed by atoms with Gasteiger partial charge in [0.1, 0.15) is 0 Å². The molecule has 9 heavy (non-hydrogen) atoms. The van der Waals surface area contributed by atoms with Crippen LogP contribution in [0.5, 0.6) is 0 Å². The first kappa shape index (κ1) is 8.48. The molecule has 1 unspecified atom stereocenters. The van der Waals surface area contributed by atoms with Crippen molar-refractivity contribution in [3.63, 3.8) is 0 Å². The van der Waals surface area contributed by atoms with Gasteiger partial charge in [0, 0.05) is 6.54 Å². The fraction of sp³-hybridized carbons (Fsp3) is 0.714. The molecule has 0 spiro atoms. The second kappa shape index (κ2) is 4.37. The highest BCUT2D eigenvalue weighted by Crippen LogP contribution is 1.79. The number of terminal acetylenes is 1. The molecule has 0 radical (unpaired) electrons. The lowest BCUT2D eigenvalue weighted by Crippen LogP contribution is -2.31. The van der Waals surface area contributed by atoms with E-state index < -0.39 is 0 Å². The summed E-state index contributed by atoms with van der Waals surface area (Å²) >= 11 is 0. The molecule has 0 aromatic heterocycles. The molecule has 52 valence electrons. The van der Waals surface area contributed by atoms with E-state index in [0.29, 0.717) is 6.54 Å². The van der Waals surface area contributed by atoms with E-state index >= 15 is 0 Å². The van der Waals surface area contributed by atoms with E-state index in [0.717, 1.165) is 0 Å². The first-order valence-corrected chi connectivity index (χ1v) is 3.04. The van der Waals surface area contributed by atoms with Crippen LogP contribution in [0.15, 0.2) is 0 Å². The van der Waals surface area contributed by atoms with E-state index in [4.69, 9.17) is 11.5 Å². The van der Waals surface area contributed by atoms with Crippen molar-refractivity contribution >= 4 is 0 Å². The van der Waals surface area contributed by atoms with Gasteiger partial charge in [-0.1, -0.05) is 5.92 Å². The zero-order valence-electron chi connectivity index (χ0n) is 5.89. The standard InChI is InChI=1S/C7H13NO/c1-4-6(2)8-5-7(3)9/h1,6-9H,5H2,2-3H3/t6?,7-/m0/s1. The number of nitrogens with one attached hydrogen (secondary N) is 1. The van der Waals surface area contributed by atoms with Crippen molar-refractivity contribution in [3.8, 4) is 12.3 Å². The van der Waals surface area contributed by atoms with E-state index in [9.17, 15) is 0 Å². The van der Waals surface area contributed by atoms with Crippen LogP contribution in [0, 0.1) is 12.3 Å². The van der Waals surface area contributed by atoms with Crippen LogP contribution in [0.1, 0.15) is 13.8 Å². The fourth-order valence-corrected chi connectivity index (χ4v) is 0.406. The van der Waals surface area contributed by atoms with Gasteiger partial charge in [-0.25, -0.2) is 0 Å². The first-order valence-electron chi connectivity index (χ1n) is 3.04. The molecule has 0 bridgehead atoms. The van der Waals surface area contributed by atoms with Gasteiger partial charge < -0.3 is 10.4 Å². The second-order valence-corrected chi connectivity index (χ2v) is 2.15. The molecular formula is C7H13NO. The summed E-state index contributed by atoms with van der Waals surface area (Å²) in [5, 5.41) is 11.7. The molecule has 0 amide bonds. The van der Waals surface area contributed by atoms with Crippen molar-refractivity contribution in [2.45, 2.75) is 26.0 Å². The Morgan fingerprint density at radius 1 is 1.67 bits per heavy atom. The summed E-state index contributed by atoms with van der Waals surface area (Å²) in [4.78, 5) is 0. The monoisotopic (exact) mass is 127 g/mol. The van der Waals surface area contributed by atoms with Gasteiger partial charge in [-0.2, -0.15) is 0 Å². The maximum atomic E-state index is 8.77. The van der Waals surface area contributed by atoms with E-state index in [1.54, 1.807) is 6.92 Å². The Bertz CT molecular complexity index is 104. The number of aliphatic hydroxyl groups excluding tert-OH is 1. The molecule has 0 aromatic carbocycles. The third kappa shape index (κ3) is 5.35. The van der Waals surface area contributed by atoms with Crippen LogP contribution in [-0.4, -0.2) is 23.8 Å². The average molecular weight is 127 g/mol. The lowest BCUT2D eigenvalue weighted by Gasteiger charge is -2.08. The van der Waals surface area contributed by atoms with E-state index in [2.05, 4.69) is 11.2 Å². The quantitative estimate of drug-likeness (QED) is 0.522. The number of hydrogen-bond acceptors (Lipinski definition) is 2. The average Bonchev–Trinajstić information content (AvgIpc) is 1.83. The maximum absolute atomic E-state index is 8.77. The smallest absolute Gasteiger partial charge is 0.0659 e. The van der Waals surface area contributed by atoms with Gasteiger partial charge in [0.25, 0.3) is 0 Å². The minimum Gasteiger partial charge on any atom is -0.392 e. The summed E-state index contributed by atoms with van der Waals surface area (Å²) in [5.41, 5.74) is 0. The Morgan fingerprint density at radius 3 is 2.56 bits per heavy atom. The third-order valence-electron chi connectivity index (χ3n) is 0.969. The lowest BCUT2D eigenvalue weighted by molar-refractivity contribution is 0.190. The molecule has 0 saturated carbocycles. The van der Waals surface area contributed by atoms with Crippen LogP contribution in [-0.2, 0) is 0 Å². The van der Waals surface area contributed by atoms with Gasteiger partial charge in [-0.15, -0.1) is 6.42 Å². The largest absolute Gasteiger partial charge is 0.392 e. The van der Waals surface area contributed by atoms with Crippen LogP contribution < -0.4 is 5.32 Å². The summed E-state index contributed by atoms with van der Waals surface area (Å²) in [7, 11) is 0. The molecule has 0 aliphatic carbocycles. The minimum absolute atomic E-state index is 0.0552. The van der Waals surface area contributed by atoms with Gasteiger partial charge in [-0.05, 0) is 13.8 Å². The Hall–Kier alpha value is -0.520. The van der Waals surface area contributed by atoms with E-state index in [1.807, 2.05) is 6.92 Å². The van der Waals surface area contributed by atoms with Crippen molar-refractivity contribution < 1.29 is 5.11 Å². The van der Waals surface area contributed by atoms with E-state index in [1.165, 1.54) is 0 Å². The van der Waals surface area contributed by atoms with Crippen molar-refractivity contribution in [2.75, 3.05) is 6.54 Å². The SMILES string of the molecule is C#CC(C)NC[C@H](C)O. The van der Waals surface area contributed by atoms with Crippen molar-refractivity contribution in [2.24, 2.45) is 0 Å². The van der Waals surface area contributed by atoms with E-state index in [-0.39, 0.29) is 12.1 Å². The van der Waals surface area contributed by atoms with Crippen LogP contribution in [0.4, 0.5) is 0 Å². The summed E-state index contributed by atoms with van der Waals surface area (Å²) in [6.07, 6.45) is 4.75. The Kier molecular flexibility index (Phi) is 4.12. The van der Waals surface area contributed by atoms with Crippen molar-refractivity contribution in [3.05, 3.63) is 0 Å². The van der Waals surface area contributed by atoms with Crippen molar-refractivity contribution in [1.29, 1.82) is 0 Å². The molecule has 0 aliphatic rings. The van der Waals surface area contributed by atoms with Crippen LogP contribution in [0.3, 0.4) is 0 Å². The fourth-order valence-electron chi connectivity index (χ4n) is 0.406. The summed E-state index contributed by atoms with van der Waals surface area (Å²) in [5.74, 6) is 2.50. The molecule has 0 rings (SSSR count). The highest BCUT2D eigenvalue weighted by atomic mass is 16.3. The summed E-state index contributed by atoms with van der Waals surface area (Å²) < 4.78 is 0. The molecule has 0 aliphatic heterocycles. The van der Waals surface area contributed by atoms with Gasteiger partial charge in [0.15, 0.2) is 0 Å². The molecule has 2 atom stereocenters. The van der Waals surface area contributed by atoms with Gasteiger partial charge in [0.05, 0.1) is 12.1 Å². The first-order chi connectivity index (χ1) is 4.16. The molecular weight excluding hydrogens is 114 g/mol. The van der Waals surface area contributed by atoms with Gasteiger partial charge in [-0.3, -0.25) is 0 Å².